The predicted molar refractivity (Wildman–Crippen MR) is 76.3 cm³/mol. The molecule has 0 aliphatic heterocycles. The van der Waals surface area contributed by atoms with Crippen molar-refractivity contribution in [2.45, 2.75) is 32.7 Å². The van der Waals surface area contributed by atoms with Gasteiger partial charge in [-0.05, 0) is 13.8 Å². The third kappa shape index (κ3) is 6.13. The van der Waals surface area contributed by atoms with E-state index in [1.165, 1.54) is 0 Å². The fourth-order valence-electron chi connectivity index (χ4n) is 1.64. The Balaban J connectivity index is 2.27. The third-order valence-corrected chi connectivity index (χ3v) is 2.57. The first kappa shape index (κ1) is 15.9. The standard InChI is InChI=1S/C15H20N2O3/c1-11(2)17-15(20)10-16-14(19)9-8-13(18)12-6-4-3-5-7-12/h3-7,11H,8-10H2,1-2H3,(H,16,19)(H,17,20). The molecule has 1 aromatic rings. The molecule has 2 N–H and O–H groups in total. The maximum atomic E-state index is 11.8. The molecule has 5 nitrogen and oxygen atoms in total. The van der Waals surface area contributed by atoms with E-state index in [0.29, 0.717) is 5.56 Å². The highest BCUT2D eigenvalue weighted by molar-refractivity contribution is 5.98. The molecule has 0 aromatic heterocycles. The summed E-state index contributed by atoms with van der Waals surface area (Å²) in [5.74, 6) is -0.608. The third-order valence-electron chi connectivity index (χ3n) is 2.57. The predicted octanol–water partition coefficient (Wildman–Crippen LogP) is 1.29. The number of carbonyl (C=O) groups excluding carboxylic acids is 3. The van der Waals surface area contributed by atoms with Crippen LogP contribution in [0.5, 0.6) is 0 Å². The smallest absolute Gasteiger partial charge is 0.239 e. The number of carbonyl (C=O) groups is 3. The summed E-state index contributed by atoms with van der Waals surface area (Å²) >= 11 is 0. The van der Waals surface area contributed by atoms with Crippen LogP contribution >= 0.6 is 0 Å². The summed E-state index contributed by atoms with van der Waals surface area (Å²) in [5, 5.41) is 5.16. The molecule has 0 saturated carbocycles. The summed E-state index contributed by atoms with van der Waals surface area (Å²) in [6, 6.07) is 8.87. The van der Waals surface area contributed by atoms with Crippen molar-refractivity contribution in [2.75, 3.05) is 6.54 Å². The number of amides is 2. The number of hydrogen-bond donors (Lipinski definition) is 2. The zero-order chi connectivity index (χ0) is 15.0. The summed E-state index contributed by atoms with van der Waals surface area (Å²) < 4.78 is 0. The summed E-state index contributed by atoms with van der Waals surface area (Å²) in [4.78, 5) is 34.6. The molecule has 0 fully saturated rings. The molecule has 0 spiro atoms. The minimum absolute atomic E-state index is 0.0408. The second kappa shape index (κ2) is 8.09. The minimum atomic E-state index is -0.298. The largest absolute Gasteiger partial charge is 0.352 e. The van der Waals surface area contributed by atoms with Gasteiger partial charge < -0.3 is 10.6 Å². The summed E-state index contributed by atoms with van der Waals surface area (Å²) in [6.07, 6.45) is 0.227. The van der Waals surface area contributed by atoms with Crippen molar-refractivity contribution in [2.24, 2.45) is 0 Å². The van der Waals surface area contributed by atoms with Crippen LogP contribution in [0.25, 0.3) is 0 Å². The normalized spacial score (nSPS) is 10.2. The maximum Gasteiger partial charge on any atom is 0.239 e. The molecule has 0 bridgehead atoms. The molecule has 20 heavy (non-hydrogen) atoms. The molecule has 2 amide bonds. The Kier molecular flexibility index (Phi) is 6.43. The van der Waals surface area contributed by atoms with Crippen molar-refractivity contribution >= 4 is 17.6 Å². The fourth-order valence-corrected chi connectivity index (χ4v) is 1.64. The molecular weight excluding hydrogens is 256 g/mol. The number of ketones is 1. The second-order valence-corrected chi connectivity index (χ2v) is 4.79. The van der Waals surface area contributed by atoms with E-state index in [1.54, 1.807) is 24.3 Å². The van der Waals surface area contributed by atoms with Gasteiger partial charge in [-0.3, -0.25) is 14.4 Å². The van der Waals surface area contributed by atoms with Crippen LogP contribution in [0.15, 0.2) is 30.3 Å². The van der Waals surface area contributed by atoms with E-state index < -0.39 is 0 Å². The SMILES string of the molecule is CC(C)NC(=O)CNC(=O)CCC(=O)c1ccccc1. The van der Waals surface area contributed by atoms with Gasteiger partial charge in [-0.1, -0.05) is 30.3 Å². The number of hydrogen-bond acceptors (Lipinski definition) is 3. The number of rotatable bonds is 7. The van der Waals surface area contributed by atoms with Gasteiger partial charge in [0.15, 0.2) is 5.78 Å². The molecule has 5 heteroatoms. The Labute approximate surface area is 118 Å². The lowest BCUT2D eigenvalue weighted by Crippen LogP contribution is -2.39. The first-order chi connectivity index (χ1) is 9.49. The van der Waals surface area contributed by atoms with E-state index >= 15 is 0 Å². The van der Waals surface area contributed by atoms with Gasteiger partial charge in [0.2, 0.25) is 11.8 Å². The number of nitrogens with one attached hydrogen (secondary N) is 2. The van der Waals surface area contributed by atoms with Gasteiger partial charge in [-0.2, -0.15) is 0 Å². The van der Waals surface area contributed by atoms with Crippen LogP contribution in [0.1, 0.15) is 37.0 Å². The molecule has 0 aliphatic carbocycles. The minimum Gasteiger partial charge on any atom is -0.352 e. The zero-order valence-corrected chi connectivity index (χ0v) is 11.8. The Morgan fingerprint density at radius 3 is 2.25 bits per heavy atom. The van der Waals surface area contributed by atoms with Crippen molar-refractivity contribution in [1.82, 2.24) is 10.6 Å². The van der Waals surface area contributed by atoms with Crippen molar-refractivity contribution < 1.29 is 14.4 Å². The lowest BCUT2D eigenvalue weighted by molar-refractivity contribution is -0.126. The van der Waals surface area contributed by atoms with E-state index in [2.05, 4.69) is 10.6 Å². The van der Waals surface area contributed by atoms with Crippen molar-refractivity contribution in [1.29, 1.82) is 0 Å². The first-order valence-corrected chi connectivity index (χ1v) is 6.63. The number of Topliss-reactive ketones (excluding diaryl/α,β-unsaturated/α-hetero) is 1. The topological polar surface area (TPSA) is 75.3 Å². The van der Waals surface area contributed by atoms with E-state index in [1.807, 2.05) is 19.9 Å². The van der Waals surface area contributed by atoms with Crippen LogP contribution in [0, 0.1) is 0 Å². The van der Waals surface area contributed by atoms with E-state index in [9.17, 15) is 14.4 Å². The van der Waals surface area contributed by atoms with Gasteiger partial charge in [-0.15, -0.1) is 0 Å². The fraction of sp³-hybridized carbons (Fsp3) is 0.400. The molecule has 1 rings (SSSR count). The second-order valence-electron chi connectivity index (χ2n) is 4.79. The highest BCUT2D eigenvalue weighted by atomic mass is 16.2. The van der Waals surface area contributed by atoms with Crippen LogP contribution in [0.2, 0.25) is 0 Å². The quantitative estimate of drug-likeness (QED) is 0.737. The Bertz CT molecular complexity index is 469. The van der Waals surface area contributed by atoms with Crippen LogP contribution in [0.4, 0.5) is 0 Å². The Morgan fingerprint density at radius 1 is 1.00 bits per heavy atom. The molecule has 0 radical (unpaired) electrons. The van der Waals surface area contributed by atoms with Gasteiger partial charge in [0.25, 0.3) is 0 Å². The molecule has 0 heterocycles. The van der Waals surface area contributed by atoms with Gasteiger partial charge in [-0.25, -0.2) is 0 Å². The van der Waals surface area contributed by atoms with Crippen LogP contribution in [-0.2, 0) is 9.59 Å². The van der Waals surface area contributed by atoms with Gasteiger partial charge >= 0.3 is 0 Å². The molecule has 0 saturated heterocycles. The van der Waals surface area contributed by atoms with E-state index in [4.69, 9.17) is 0 Å². The van der Waals surface area contributed by atoms with Gasteiger partial charge in [0.1, 0.15) is 0 Å². The zero-order valence-electron chi connectivity index (χ0n) is 11.8. The molecular formula is C15H20N2O3. The average molecular weight is 276 g/mol. The highest BCUT2D eigenvalue weighted by Crippen LogP contribution is 2.04. The molecule has 0 unspecified atom stereocenters. The van der Waals surface area contributed by atoms with E-state index in [0.717, 1.165) is 0 Å². The lowest BCUT2D eigenvalue weighted by Gasteiger charge is -2.09. The summed E-state index contributed by atoms with van der Waals surface area (Å²) in [7, 11) is 0. The average Bonchev–Trinajstić information content (AvgIpc) is 2.42. The van der Waals surface area contributed by atoms with Crippen molar-refractivity contribution in [3.05, 3.63) is 35.9 Å². The highest BCUT2D eigenvalue weighted by Gasteiger charge is 2.10. The Morgan fingerprint density at radius 2 is 1.65 bits per heavy atom. The summed E-state index contributed by atoms with van der Waals surface area (Å²) in [5.41, 5.74) is 0.595. The molecule has 108 valence electrons. The van der Waals surface area contributed by atoms with Gasteiger partial charge in [0.05, 0.1) is 6.54 Å². The summed E-state index contributed by atoms with van der Waals surface area (Å²) in [6.45, 7) is 3.63. The van der Waals surface area contributed by atoms with Crippen LogP contribution < -0.4 is 10.6 Å². The maximum absolute atomic E-state index is 11.8. The van der Waals surface area contributed by atoms with Crippen molar-refractivity contribution in [3.63, 3.8) is 0 Å². The number of benzene rings is 1. The molecule has 1 aromatic carbocycles. The lowest BCUT2D eigenvalue weighted by atomic mass is 10.1. The Hall–Kier alpha value is -2.17. The van der Waals surface area contributed by atoms with Gasteiger partial charge in [0, 0.05) is 24.4 Å². The van der Waals surface area contributed by atoms with Crippen molar-refractivity contribution in [3.8, 4) is 0 Å². The molecule has 0 aliphatic rings. The first-order valence-electron chi connectivity index (χ1n) is 6.63. The molecule has 0 atom stereocenters. The van der Waals surface area contributed by atoms with Crippen LogP contribution in [-0.4, -0.2) is 30.2 Å². The van der Waals surface area contributed by atoms with E-state index in [-0.39, 0.29) is 43.0 Å². The monoisotopic (exact) mass is 276 g/mol. The van der Waals surface area contributed by atoms with Crippen LogP contribution in [0.3, 0.4) is 0 Å².